The third-order valence-electron chi connectivity index (χ3n) is 0.397. The van der Waals surface area contributed by atoms with Gasteiger partial charge in [0.05, 0.1) is 12.6 Å². The molecular weight excluding hydrogens is 147 g/mol. The molecule has 0 aliphatic heterocycles. The summed E-state index contributed by atoms with van der Waals surface area (Å²) in [5, 5.41) is 8.01. The van der Waals surface area contributed by atoms with Crippen LogP contribution in [0, 0.1) is 17.9 Å². The van der Waals surface area contributed by atoms with Gasteiger partial charge in [-0.3, -0.25) is 0 Å². The van der Waals surface area contributed by atoms with E-state index in [4.69, 9.17) is 35.0 Å². The van der Waals surface area contributed by atoms with Gasteiger partial charge in [0.25, 0.3) is 5.70 Å². The zero-order valence-electron chi connectivity index (χ0n) is 3.65. The molecule has 0 radical (unpaired) electrons. The second-order valence-corrected chi connectivity index (χ2v) is 1.78. The molecule has 0 aliphatic rings. The number of hydrogen-bond donors (Lipinski definition) is 0. The highest BCUT2D eigenvalue weighted by Crippen LogP contribution is 2.13. The molecule has 0 saturated carbocycles. The smallest absolute Gasteiger partial charge is 0.224 e. The summed E-state index contributed by atoms with van der Waals surface area (Å²) in [5.41, 5.74) is -0.270. The summed E-state index contributed by atoms with van der Waals surface area (Å²) in [6, 6.07) is 1.51. The SMILES string of the molecule is [C-]#[N+]C(C#N)=C(Cl)Cl. The second kappa shape index (κ2) is 3.32. The maximum Gasteiger partial charge on any atom is 0.291 e. The molecule has 0 atom stereocenters. The van der Waals surface area contributed by atoms with E-state index < -0.39 is 0 Å². The lowest BCUT2D eigenvalue weighted by Gasteiger charge is -1.76. The monoisotopic (exact) mass is 146 g/mol. The van der Waals surface area contributed by atoms with Gasteiger partial charge < -0.3 is 0 Å². The number of allylic oxidation sites excluding steroid dienone is 1. The van der Waals surface area contributed by atoms with Gasteiger partial charge in [0.1, 0.15) is 4.49 Å². The molecule has 8 heavy (non-hydrogen) atoms. The number of halogens is 2. The van der Waals surface area contributed by atoms with E-state index in [0.29, 0.717) is 0 Å². The Labute approximate surface area is 56.7 Å². The van der Waals surface area contributed by atoms with Crippen LogP contribution in [-0.4, -0.2) is 0 Å². The van der Waals surface area contributed by atoms with E-state index in [0.717, 1.165) is 0 Å². The molecule has 0 aliphatic carbocycles. The Balaban J connectivity index is 4.47. The zero-order valence-corrected chi connectivity index (χ0v) is 5.16. The lowest BCUT2D eigenvalue weighted by molar-refractivity contribution is 1.50. The van der Waals surface area contributed by atoms with Crippen LogP contribution in [0.2, 0.25) is 0 Å². The first-order valence-corrected chi connectivity index (χ1v) is 2.30. The summed E-state index contributed by atoms with van der Waals surface area (Å²) in [6.45, 7) is 6.27. The van der Waals surface area contributed by atoms with E-state index >= 15 is 0 Å². The van der Waals surface area contributed by atoms with Crippen LogP contribution in [0.5, 0.6) is 0 Å². The minimum absolute atomic E-state index is 0.270. The van der Waals surface area contributed by atoms with Gasteiger partial charge in [-0.05, 0) is 0 Å². The van der Waals surface area contributed by atoms with Gasteiger partial charge in [-0.2, -0.15) is 0 Å². The van der Waals surface area contributed by atoms with Gasteiger partial charge in [-0.25, -0.2) is 10.1 Å². The first-order chi connectivity index (χ1) is 3.72. The fourth-order valence-electron chi connectivity index (χ4n) is 0.110. The Morgan fingerprint density at radius 3 is 2.12 bits per heavy atom. The molecule has 0 aromatic heterocycles. The molecule has 4 heteroatoms. The predicted molar refractivity (Wildman–Crippen MR) is 30.9 cm³/mol. The van der Waals surface area contributed by atoms with Crippen molar-refractivity contribution in [3.8, 4) is 6.07 Å². The van der Waals surface area contributed by atoms with Gasteiger partial charge in [0, 0.05) is 0 Å². The third-order valence-corrected chi connectivity index (χ3v) is 0.755. The number of nitriles is 1. The number of nitrogens with zero attached hydrogens (tertiary/aromatic N) is 2. The van der Waals surface area contributed by atoms with Crippen molar-refractivity contribution in [2.45, 2.75) is 0 Å². The maximum absolute atomic E-state index is 8.01. The van der Waals surface area contributed by atoms with Crippen molar-refractivity contribution < 1.29 is 0 Å². The lowest BCUT2D eigenvalue weighted by atomic mass is 10.6. The third kappa shape index (κ3) is 1.84. The number of rotatable bonds is 0. The van der Waals surface area contributed by atoms with Gasteiger partial charge >= 0.3 is 0 Å². The molecule has 0 aromatic carbocycles. The van der Waals surface area contributed by atoms with Gasteiger partial charge in [0.15, 0.2) is 0 Å². The molecule has 0 unspecified atom stereocenters. The van der Waals surface area contributed by atoms with Crippen LogP contribution in [0.4, 0.5) is 0 Å². The second-order valence-electron chi connectivity index (χ2n) is 0.833. The normalized spacial score (nSPS) is 6.50. The van der Waals surface area contributed by atoms with Crippen LogP contribution < -0.4 is 0 Å². The van der Waals surface area contributed by atoms with Gasteiger partial charge in [-0.15, -0.1) is 0 Å². The van der Waals surface area contributed by atoms with Crippen molar-refractivity contribution in [2.24, 2.45) is 0 Å². The van der Waals surface area contributed by atoms with Crippen molar-refractivity contribution in [1.82, 2.24) is 0 Å². The number of hydrogen-bond acceptors (Lipinski definition) is 1. The fraction of sp³-hybridized carbons (Fsp3) is 0. The van der Waals surface area contributed by atoms with Crippen LogP contribution in [0.25, 0.3) is 4.85 Å². The summed E-state index contributed by atoms with van der Waals surface area (Å²) in [7, 11) is 0. The van der Waals surface area contributed by atoms with Crippen LogP contribution >= 0.6 is 23.2 Å². The van der Waals surface area contributed by atoms with Gasteiger partial charge in [0.2, 0.25) is 0 Å². The fourth-order valence-corrected chi connectivity index (χ4v) is 0.279. The Bertz CT molecular complexity index is 173. The van der Waals surface area contributed by atoms with Crippen molar-refractivity contribution in [1.29, 1.82) is 5.26 Å². The van der Waals surface area contributed by atoms with Crippen molar-refractivity contribution >= 4 is 23.2 Å². The highest BCUT2D eigenvalue weighted by atomic mass is 35.5. The highest BCUT2D eigenvalue weighted by Gasteiger charge is 1.96. The molecule has 40 valence electrons. The molecule has 0 bridgehead atoms. The molecule has 0 fully saturated rings. The molecule has 0 amide bonds. The molecular formula is C4Cl2N2. The summed E-state index contributed by atoms with van der Waals surface area (Å²) < 4.78 is -0.275. The van der Waals surface area contributed by atoms with Crippen molar-refractivity contribution in [2.75, 3.05) is 0 Å². The van der Waals surface area contributed by atoms with E-state index in [2.05, 4.69) is 4.85 Å². The first-order valence-electron chi connectivity index (χ1n) is 1.55. The maximum atomic E-state index is 8.01. The standard InChI is InChI=1S/C4Cl2N2/c1-8-3(2-7)4(5)6. The Morgan fingerprint density at radius 2 is 2.12 bits per heavy atom. The summed E-state index contributed by atoms with van der Waals surface area (Å²) in [5.74, 6) is 0. The quantitative estimate of drug-likeness (QED) is 0.380. The van der Waals surface area contributed by atoms with Crippen LogP contribution in [0.1, 0.15) is 0 Å². The van der Waals surface area contributed by atoms with Crippen LogP contribution in [0.3, 0.4) is 0 Å². The zero-order chi connectivity index (χ0) is 6.57. The highest BCUT2D eigenvalue weighted by molar-refractivity contribution is 6.56. The summed E-state index contributed by atoms with van der Waals surface area (Å²) >= 11 is 10.1. The van der Waals surface area contributed by atoms with Gasteiger partial charge in [-0.1, -0.05) is 23.2 Å². The van der Waals surface area contributed by atoms with Crippen LogP contribution in [-0.2, 0) is 0 Å². The summed E-state index contributed by atoms with van der Waals surface area (Å²) in [4.78, 5) is 2.71. The minimum atomic E-state index is -0.275. The van der Waals surface area contributed by atoms with E-state index in [1.54, 1.807) is 0 Å². The molecule has 0 aromatic rings. The molecule has 2 nitrogen and oxygen atoms in total. The molecule has 0 saturated heterocycles. The average Bonchev–Trinajstić information content (AvgIpc) is 1.69. The molecule has 0 rings (SSSR count). The largest absolute Gasteiger partial charge is 0.291 e. The Morgan fingerprint density at radius 1 is 1.62 bits per heavy atom. The molecule has 0 N–H and O–H groups in total. The Kier molecular flexibility index (Phi) is 3.03. The predicted octanol–water partition coefficient (Wildman–Crippen LogP) is 2.08. The topological polar surface area (TPSA) is 28.1 Å². The van der Waals surface area contributed by atoms with Crippen LogP contribution in [0.15, 0.2) is 10.2 Å². The van der Waals surface area contributed by atoms with Crippen molar-refractivity contribution in [3.63, 3.8) is 0 Å². The van der Waals surface area contributed by atoms with E-state index in [9.17, 15) is 0 Å². The average molecular weight is 147 g/mol. The van der Waals surface area contributed by atoms with Crippen molar-refractivity contribution in [3.05, 3.63) is 21.6 Å². The van der Waals surface area contributed by atoms with E-state index in [-0.39, 0.29) is 10.2 Å². The van der Waals surface area contributed by atoms with E-state index in [1.165, 1.54) is 6.07 Å². The van der Waals surface area contributed by atoms with E-state index in [1.807, 2.05) is 0 Å². The first kappa shape index (κ1) is 7.30. The Hall–Kier alpha value is -0.700. The summed E-state index contributed by atoms with van der Waals surface area (Å²) in [6.07, 6.45) is 0. The molecule has 0 spiro atoms. The minimum Gasteiger partial charge on any atom is -0.224 e. The molecule has 0 heterocycles. The lowest BCUT2D eigenvalue weighted by Crippen LogP contribution is -1.64.